The molecule has 19 heavy (non-hydrogen) atoms. The summed E-state index contributed by atoms with van der Waals surface area (Å²) in [6.07, 6.45) is 3.48. The molecule has 5 atom stereocenters. The van der Waals surface area contributed by atoms with Gasteiger partial charge < -0.3 is 20.1 Å². The average molecular weight is 268 g/mol. The van der Waals surface area contributed by atoms with Crippen molar-refractivity contribution in [2.75, 3.05) is 26.3 Å². The van der Waals surface area contributed by atoms with E-state index >= 15 is 0 Å². The van der Waals surface area contributed by atoms with Crippen molar-refractivity contribution >= 4 is 5.91 Å². The molecule has 2 saturated heterocycles. The molecule has 0 aromatic carbocycles. The molecule has 0 bridgehead atoms. The van der Waals surface area contributed by atoms with Crippen LogP contribution in [0.15, 0.2) is 0 Å². The third-order valence-corrected chi connectivity index (χ3v) is 5.00. The van der Waals surface area contributed by atoms with Crippen LogP contribution in [0.5, 0.6) is 0 Å². The molecular formula is C14H24N2O3. The zero-order valence-electron chi connectivity index (χ0n) is 11.5. The van der Waals surface area contributed by atoms with Crippen LogP contribution in [0.1, 0.15) is 26.2 Å². The lowest BCUT2D eigenvalue weighted by Crippen LogP contribution is -2.57. The lowest BCUT2D eigenvalue weighted by molar-refractivity contribution is -0.149. The molecule has 1 amide bonds. The Morgan fingerprint density at radius 3 is 3.11 bits per heavy atom. The van der Waals surface area contributed by atoms with E-state index in [4.69, 9.17) is 4.74 Å². The molecule has 2 heterocycles. The van der Waals surface area contributed by atoms with E-state index in [0.717, 1.165) is 6.54 Å². The van der Waals surface area contributed by atoms with Gasteiger partial charge in [0.05, 0.1) is 31.4 Å². The minimum Gasteiger partial charge on any atom is -0.394 e. The zero-order valence-corrected chi connectivity index (χ0v) is 11.5. The second-order valence-electron chi connectivity index (χ2n) is 6.22. The first-order valence-electron chi connectivity index (χ1n) is 7.47. The number of carbonyl (C=O) groups is 1. The van der Waals surface area contributed by atoms with Gasteiger partial charge in [0.2, 0.25) is 5.91 Å². The van der Waals surface area contributed by atoms with Crippen LogP contribution < -0.4 is 5.32 Å². The third kappa shape index (κ3) is 2.39. The van der Waals surface area contributed by atoms with Gasteiger partial charge in [0.15, 0.2) is 0 Å². The van der Waals surface area contributed by atoms with E-state index < -0.39 is 0 Å². The normalized spacial score (nSPS) is 42.4. The van der Waals surface area contributed by atoms with Gasteiger partial charge in [-0.3, -0.25) is 4.79 Å². The van der Waals surface area contributed by atoms with Crippen molar-refractivity contribution in [1.29, 1.82) is 0 Å². The maximum absolute atomic E-state index is 12.7. The van der Waals surface area contributed by atoms with Gasteiger partial charge in [-0.15, -0.1) is 0 Å². The number of rotatable bonds is 2. The second kappa shape index (κ2) is 5.38. The molecule has 1 aliphatic carbocycles. The highest BCUT2D eigenvalue weighted by Crippen LogP contribution is 2.38. The Labute approximate surface area is 114 Å². The standard InChI is InChI=1S/C14H24N2O3/c1-9-8-19-11(7-17)6-16(9)14(18)13-12-4-2-3-10(12)5-15-13/h9-13,15,17H,2-8H2,1H3. The second-order valence-corrected chi connectivity index (χ2v) is 6.22. The molecular weight excluding hydrogens is 244 g/mol. The molecule has 3 rings (SSSR count). The molecule has 2 N–H and O–H groups in total. The predicted octanol–water partition coefficient (Wildman–Crippen LogP) is -0.0173. The van der Waals surface area contributed by atoms with Crippen LogP contribution in [0, 0.1) is 11.8 Å². The minimum absolute atomic E-state index is 0.00704. The van der Waals surface area contributed by atoms with E-state index in [1.54, 1.807) is 0 Å². The third-order valence-electron chi connectivity index (χ3n) is 5.00. The summed E-state index contributed by atoms with van der Waals surface area (Å²) >= 11 is 0. The summed E-state index contributed by atoms with van der Waals surface area (Å²) in [5, 5.41) is 12.6. The first kappa shape index (κ1) is 13.3. The Hall–Kier alpha value is -0.650. The smallest absolute Gasteiger partial charge is 0.240 e. The summed E-state index contributed by atoms with van der Waals surface area (Å²) in [4.78, 5) is 14.6. The van der Waals surface area contributed by atoms with Crippen molar-refractivity contribution in [3.8, 4) is 0 Å². The Kier molecular flexibility index (Phi) is 3.78. The van der Waals surface area contributed by atoms with E-state index in [2.05, 4.69) is 5.32 Å². The molecule has 5 nitrogen and oxygen atoms in total. The molecule has 5 unspecified atom stereocenters. The molecule has 0 spiro atoms. The lowest BCUT2D eigenvalue weighted by Gasteiger charge is -2.39. The molecule has 0 aromatic heterocycles. The first-order chi connectivity index (χ1) is 9.20. The van der Waals surface area contributed by atoms with Crippen molar-refractivity contribution in [3.63, 3.8) is 0 Å². The Bertz CT molecular complexity index is 350. The van der Waals surface area contributed by atoms with Crippen molar-refractivity contribution in [3.05, 3.63) is 0 Å². The SMILES string of the molecule is CC1COC(CO)CN1C(=O)C1NCC2CCCC21. The fraction of sp³-hybridized carbons (Fsp3) is 0.929. The summed E-state index contributed by atoms with van der Waals surface area (Å²) in [5.41, 5.74) is 0. The molecule has 2 aliphatic heterocycles. The molecule has 0 aromatic rings. The molecule has 3 aliphatic rings. The van der Waals surface area contributed by atoms with Gasteiger partial charge >= 0.3 is 0 Å². The number of nitrogens with one attached hydrogen (secondary N) is 1. The quantitative estimate of drug-likeness (QED) is 0.739. The molecule has 3 fully saturated rings. The van der Waals surface area contributed by atoms with Crippen LogP contribution in [-0.2, 0) is 9.53 Å². The number of hydrogen-bond acceptors (Lipinski definition) is 4. The minimum atomic E-state index is -0.221. The van der Waals surface area contributed by atoms with Gasteiger partial charge in [0, 0.05) is 6.54 Å². The lowest BCUT2D eigenvalue weighted by atomic mass is 9.93. The summed E-state index contributed by atoms with van der Waals surface area (Å²) in [6.45, 7) is 4.04. The fourth-order valence-corrected chi connectivity index (χ4v) is 3.87. The Balaban J connectivity index is 1.68. The van der Waals surface area contributed by atoms with Crippen molar-refractivity contribution < 1.29 is 14.6 Å². The van der Waals surface area contributed by atoms with E-state index in [0.29, 0.717) is 25.0 Å². The number of aliphatic hydroxyl groups excluding tert-OH is 1. The summed E-state index contributed by atoms with van der Waals surface area (Å²) in [5.74, 6) is 1.43. The van der Waals surface area contributed by atoms with Gasteiger partial charge in [0.1, 0.15) is 0 Å². The number of carbonyl (C=O) groups excluding carboxylic acids is 1. The van der Waals surface area contributed by atoms with Crippen molar-refractivity contribution in [1.82, 2.24) is 10.2 Å². The van der Waals surface area contributed by atoms with Crippen LogP contribution in [0.4, 0.5) is 0 Å². The van der Waals surface area contributed by atoms with Gasteiger partial charge in [-0.2, -0.15) is 0 Å². The molecule has 0 radical (unpaired) electrons. The Morgan fingerprint density at radius 1 is 1.47 bits per heavy atom. The Morgan fingerprint density at radius 2 is 2.32 bits per heavy atom. The van der Waals surface area contributed by atoms with Gasteiger partial charge in [0.25, 0.3) is 0 Å². The topological polar surface area (TPSA) is 61.8 Å². The maximum atomic E-state index is 12.7. The highest BCUT2D eigenvalue weighted by Gasteiger charge is 2.45. The largest absolute Gasteiger partial charge is 0.394 e. The van der Waals surface area contributed by atoms with E-state index in [1.807, 2.05) is 11.8 Å². The van der Waals surface area contributed by atoms with Crippen molar-refractivity contribution in [2.45, 2.75) is 44.4 Å². The summed E-state index contributed by atoms with van der Waals surface area (Å²) in [6, 6.07) is 0.102. The predicted molar refractivity (Wildman–Crippen MR) is 70.6 cm³/mol. The first-order valence-corrected chi connectivity index (χ1v) is 7.47. The average Bonchev–Trinajstić information content (AvgIpc) is 3.01. The van der Waals surface area contributed by atoms with E-state index in [-0.39, 0.29) is 30.7 Å². The van der Waals surface area contributed by atoms with E-state index in [1.165, 1.54) is 19.3 Å². The number of aliphatic hydroxyl groups is 1. The number of fused-ring (bicyclic) bond motifs is 1. The van der Waals surface area contributed by atoms with Gasteiger partial charge in [-0.05, 0) is 38.1 Å². The van der Waals surface area contributed by atoms with Crippen LogP contribution in [0.25, 0.3) is 0 Å². The van der Waals surface area contributed by atoms with Gasteiger partial charge in [-0.1, -0.05) is 6.42 Å². The van der Waals surface area contributed by atoms with Crippen LogP contribution in [-0.4, -0.2) is 60.4 Å². The maximum Gasteiger partial charge on any atom is 0.240 e. The van der Waals surface area contributed by atoms with Gasteiger partial charge in [-0.25, -0.2) is 0 Å². The molecule has 5 heteroatoms. The monoisotopic (exact) mass is 268 g/mol. The highest BCUT2D eigenvalue weighted by atomic mass is 16.5. The number of hydrogen-bond donors (Lipinski definition) is 2. The van der Waals surface area contributed by atoms with Crippen LogP contribution >= 0.6 is 0 Å². The summed E-state index contributed by atoms with van der Waals surface area (Å²) in [7, 11) is 0. The highest BCUT2D eigenvalue weighted by molar-refractivity contribution is 5.83. The van der Waals surface area contributed by atoms with E-state index in [9.17, 15) is 9.90 Å². The van der Waals surface area contributed by atoms with Crippen LogP contribution in [0.3, 0.4) is 0 Å². The molecule has 1 saturated carbocycles. The zero-order chi connectivity index (χ0) is 13.4. The van der Waals surface area contributed by atoms with Crippen molar-refractivity contribution in [2.24, 2.45) is 11.8 Å². The summed E-state index contributed by atoms with van der Waals surface area (Å²) < 4.78 is 5.50. The van der Waals surface area contributed by atoms with Crippen LogP contribution in [0.2, 0.25) is 0 Å². The number of amides is 1. The fourth-order valence-electron chi connectivity index (χ4n) is 3.87. The molecule has 108 valence electrons. The number of ether oxygens (including phenoxy) is 1. The number of nitrogens with zero attached hydrogens (tertiary/aromatic N) is 1. The number of morpholine rings is 1.